The van der Waals surface area contributed by atoms with Gasteiger partial charge in [0, 0.05) is 24.5 Å². The highest BCUT2D eigenvalue weighted by Gasteiger charge is 2.16. The monoisotopic (exact) mass is 292 g/mol. The number of carbonyl (C=O) groups is 1. The van der Waals surface area contributed by atoms with Gasteiger partial charge in [0.1, 0.15) is 12.0 Å². The smallest absolute Gasteiger partial charge is 0.338 e. The van der Waals surface area contributed by atoms with Gasteiger partial charge in [-0.05, 0) is 12.8 Å². The van der Waals surface area contributed by atoms with E-state index in [9.17, 15) is 4.79 Å². The van der Waals surface area contributed by atoms with Crippen molar-refractivity contribution in [2.75, 3.05) is 18.0 Å². The molecule has 6 heteroatoms. The topological polar surface area (TPSA) is 66.6 Å². The lowest BCUT2D eigenvalue weighted by Crippen LogP contribution is -2.23. The largest absolute Gasteiger partial charge is 0.478 e. The highest BCUT2D eigenvalue weighted by atomic mass is 32.1. The Balaban J connectivity index is 1.79. The molecule has 1 N–H and O–H groups in total. The van der Waals surface area contributed by atoms with Crippen LogP contribution >= 0.6 is 11.3 Å². The SMILES string of the molecule is O=C(O)c1coc(-c2csc(N3CCCCCC3)n2)c1. The zero-order valence-corrected chi connectivity index (χ0v) is 11.9. The molecule has 0 radical (unpaired) electrons. The van der Waals surface area contributed by atoms with Crippen molar-refractivity contribution in [3.8, 4) is 11.5 Å². The van der Waals surface area contributed by atoms with E-state index in [4.69, 9.17) is 9.52 Å². The summed E-state index contributed by atoms with van der Waals surface area (Å²) in [7, 11) is 0. The molecular formula is C14H16N2O3S. The number of rotatable bonds is 3. The Kier molecular flexibility index (Phi) is 3.73. The summed E-state index contributed by atoms with van der Waals surface area (Å²) in [6.07, 6.45) is 6.24. The number of furan rings is 1. The quantitative estimate of drug-likeness (QED) is 0.938. The Morgan fingerprint density at radius 1 is 1.30 bits per heavy atom. The molecule has 3 rings (SSSR count). The van der Waals surface area contributed by atoms with Crippen molar-refractivity contribution >= 4 is 22.4 Å². The van der Waals surface area contributed by atoms with E-state index in [1.807, 2.05) is 5.38 Å². The molecule has 0 bridgehead atoms. The summed E-state index contributed by atoms with van der Waals surface area (Å²) in [6, 6.07) is 1.52. The van der Waals surface area contributed by atoms with Crippen molar-refractivity contribution in [3.63, 3.8) is 0 Å². The molecule has 20 heavy (non-hydrogen) atoms. The molecule has 0 spiro atoms. The normalized spacial score (nSPS) is 16.1. The van der Waals surface area contributed by atoms with Crippen LogP contribution in [0.15, 0.2) is 22.1 Å². The van der Waals surface area contributed by atoms with Gasteiger partial charge in [-0.3, -0.25) is 0 Å². The predicted molar refractivity (Wildman–Crippen MR) is 77.5 cm³/mol. The molecule has 1 aliphatic rings. The molecule has 3 heterocycles. The second kappa shape index (κ2) is 5.66. The summed E-state index contributed by atoms with van der Waals surface area (Å²) >= 11 is 1.59. The maximum absolute atomic E-state index is 10.9. The minimum Gasteiger partial charge on any atom is -0.478 e. The number of carboxylic acid groups (broad SMARTS) is 1. The van der Waals surface area contributed by atoms with Crippen LogP contribution in [0.25, 0.3) is 11.5 Å². The Morgan fingerprint density at radius 2 is 2.05 bits per heavy atom. The Morgan fingerprint density at radius 3 is 2.70 bits per heavy atom. The predicted octanol–water partition coefficient (Wildman–Crippen LogP) is 3.48. The minimum atomic E-state index is -0.983. The number of carboxylic acids is 1. The van der Waals surface area contributed by atoms with E-state index in [1.54, 1.807) is 11.3 Å². The number of nitrogens with zero attached hydrogens (tertiary/aromatic N) is 2. The van der Waals surface area contributed by atoms with Crippen molar-refractivity contribution in [3.05, 3.63) is 23.3 Å². The van der Waals surface area contributed by atoms with E-state index in [-0.39, 0.29) is 5.56 Å². The molecule has 0 unspecified atom stereocenters. The Labute approximate surface area is 120 Å². The molecule has 5 nitrogen and oxygen atoms in total. The van der Waals surface area contributed by atoms with Crippen molar-refractivity contribution in [2.24, 2.45) is 0 Å². The molecule has 106 valence electrons. The highest BCUT2D eigenvalue weighted by Crippen LogP contribution is 2.29. The number of hydrogen-bond acceptors (Lipinski definition) is 5. The van der Waals surface area contributed by atoms with Gasteiger partial charge >= 0.3 is 5.97 Å². The van der Waals surface area contributed by atoms with Crippen LogP contribution in [0, 0.1) is 0 Å². The van der Waals surface area contributed by atoms with E-state index >= 15 is 0 Å². The van der Waals surface area contributed by atoms with Crippen LogP contribution in [0.2, 0.25) is 0 Å². The van der Waals surface area contributed by atoms with Gasteiger partial charge in [-0.1, -0.05) is 12.8 Å². The summed E-state index contributed by atoms with van der Waals surface area (Å²) in [5, 5.41) is 11.8. The van der Waals surface area contributed by atoms with Gasteiger partial charge < -0.3 is 14.4 Å². The van der Waals surface area contributed by atoms with Crippen molar-refractivity contribution < 1.29 is 14.3 Å². The summed E-state index contributed by atoms with van der Waals surface area (Å²) < 4.78 is 5.28. The fourth-order valence-electron chi connectivity index (χ4n) is 2.37. The second-order valence-electron chi connectivity index (χ2n) is 4.92. The van der Waals surface area contributed by atoms with E-state index in [1.165, 1.54) is 38.0 Å². The lowest BCUT2D eigenvalue weighted by Gasteiger charge is -2.18. The molecule has 0 atom stereocenters. The van der Waals surface area contributed by atoms with Gasteiger partial charge in [0.05, 0.1) is 5.56 Å². The minimum absolute atomic E-state index is 0.157. The van der Waals surface area contributed by atoms with Crippen LogP contribution in [0.4, 0.5) is 5.13 Å². The average molecular weight is 292 g/mol. The lowest BCUT2D eigenvalue weighted by atomic mass is 10.2. The first-order valence-electron chi connectivity index (χ1n) is 6.77. The summed E-state index contributed by atoms with van der Waals surface area (Å²) in [4.78, 5) is 17.7. The summed E-state index contributed by atoms with van der Waals surface area (Å²) in [6.45, 7) is 2.09. The fourth-order valence-corrected chi connectivity index (χ4v) is 3.24. The van der Waals surface area contributed by atoms with Crippen LogP contribution in [-0.2, 0) is 0 Å². The number of thiazole rings is 1. The second-order valence-corrected chi connectivity index (χ2v) is 5.76. The molecule has 0 saturated carbocycles. The first-order valence-corrected chi connectivity index (χ1v) is 7.65. The molecule has 1 aliphatic heterocycles. The first-order chi connectivity index (χ1) is 9.74. The standard InChI is InChI=1S/C14H16N2O3S/c17-13(18)10-7-12(19-8-10)11-9-20-14(15-11)16-5-3-1-2-4-6-16/h7-9H,1-6H2,(H,17,18). The number of aromatic carboxylic acids is 1. The highest BCUT2D eigenvalue weighted by molar-refractivity contribution is 7.14. The van der Waals surface area contributed by atoms with E-state index in [0.29, 0.717) is 11.5 Å². The fraction of sp³-hybridized carbons (Fsp3) is 0.429. The third-order valence-corrected chi connectivity index (χ3v) is 4.37. The molecular weight excluding hydrogens is 276 g/mol. The third-order valence-electron chi connectivity index (χ3n) is 3.47. The van der Waals surface area contributed by atoms with E-state index in [2.05, 4.69) is 9.88 Å². The lowest BCUT2D eigenvalue weighted by molar-refractivity contribution is 0.0696. The Hall–Kier alpha value is -1.82. The van der Waals surface area contributed by atoms with E-state index < -0.39 is 5.97 Å². The van der Waals surface area contributed by atoms with Gasteiger partial charge in [0.25, 0.3) is 0 Å². The first kappa shape index (κ1) is 13.2. The number of aromatic nitrogens is 1. The van der Waals surface area contributed by atoms with Crippen LogP contribution in [0.3, 0.4) is 0 Å². The van der Waals surface area contributed by atoms with E-state index in [0.717, 1.165) is 18.2 Å². The number of anilines is 1. The Bertz CT molecular complexity index is 597. The molecule has 0 amide bonds. The van der Waals surface area contributed by atoms with Crippen molar-refractivity contribution in [1.82, 2.24) is 4.98 Å². The third kappa shape index (κ3) is 2.70. The average Bonchev–Trinajstić information content (AvgIpc) is 3.02. The summed E-state index contributed by atoms with van der Waals surface area (Å²) in [5.74, 6) is -0.470. The molecule has 2 aromatic heterocycles. The zero-order chi connectivity index (χ0) is 13.9. The van der Waals surface area contributed by atoms with Crippen LogP contribution in [0.5, 0.6) is 0 Å². The molecule has 2 aromatic rings. The van der Waals surface area contributed by atoms with Gasteiger partial charge in [0.2, 0.25) is 0 Å². The zero-order valence-electron chi connectivity index (χ0n) is 11.0. The van der Waals surface area contributed by atoms with Crippen LogP contribution in [0.1, 0.15) is 36.0 Å². The van der Waals surface area contributed by atoms with Gasteiger partial charge in [-0.2, -0.15) is 0 Å². The molecule has 0 aliphatic carbocycles. The number of hydrogen-bond donors (Lipinski definition) is 1. The van der Waals surface area contributed by atoms with Gasteiger partial charge in [-0.15, -0.1) is 11.3 Å². The molecule has 1 fully saturated rings. The van der Waals surface area contributed by atoms with Crippen molar-refractivity contribution in [2.45, 2.75) is 25.7 Å². The van der Waals surface area contributed by atoms with Gasteiger partial charge in [-0.25, -0.2) is 9.78 Å². The summed E-state index contributed by atoms with van der Waals surface area (Å²) in [5.41, 5.74) is 0.867. The maximum atomic E-state index is 10.9. The van der Waals surface area contributed by atoms with Crippen LogP contribution in [-0.4, -0.2) is 29.1 Å². The molecule has 1 saturated heterocycles. The molecule has 0 aromatic carbocycles. The van der Waals surface area contributed by atoms with Gasteiger partial charge in [0.15, 0.2) is 10.9 Å². The van der Waals surface area contributed by atoms with Crippen molar-refractivity contribution in [1.29, 1.82) is 0 Å². The van der Waals surface area contributed by atoms with Crippen LogP contribution < -0.4 is 4.90 Å². The maximum Gasteiger partial charge on any atom is 0.338 e.